The van der Waals surface area contributed by atoms with Gasteiger partial charge in [0.1, 0.15) is 0 Å². The highest BCUT2D eigenvalue weighted by Gasteiger charge is 2.32. The molecule has 4 heteroatoms. The molecule has 0 radical (unpaired) electrons. The standard InChI is InChI=1S/C13H24N2O2/c16-9-3-8-15(12-5-1-6-12)13(17)11-4-2-7-14-10-11/h11-12,14,16H,1-10H2/t11-/m1/s1. The molecule has 1 amide bonds. The van der Waals surface area contributed by atoms with Crippen LogP contribution in [0.15, 0.2) is 0 Å². The number of rotatable bonds is 5. The van der Waals surface area contributed by atoms with Crippen molar-refractivity contribution in [2.45, 2.75) is 44.6 Å². The molecule has 1 aliphatic heterocycles. The maximum atomic E-state index is 12.4. The Bertz CT molecular complexity index is 248. The molecule has 4 nitrogen and oxygen atoms in total. The maximum absolute atomic E-state index is 12.4. The van der Waals surface area contributed by atoms with Crippen molar-refractivity contribution in [1.82, 2.24) is 10.2 Å². The zero-order valence-electron chi connectivity index (χ0n) is 10.5. The topological polar surface area (TPSA) is 52.6 Å². The first kappa shape index (κ1) is 12.8. The van der Waals surface area contributed by atoms with E-state index in [4.69, 9.17) is 5.11 Å². The first-order valence-electron chi connectivity index (χ1n) is 6.95. The molecular formula is C13H24N2O2. The van der Waals surface area contributed by atoms with Crippen LogP contribution in [0.1, 0.15) is 38.5 Å². The second kappa shape index (κ2) is 6.36. The number of hydrogen-bond acceptors (Lipinski definition) is 3. The van der Waals surface area contributed by atoms with Gasteiger partial charge in [-0.2, -0.15) is 0 Å². The third kappa shape index (κ3) is 3.19. The molecule has 2 aliphatic rings. The third-order valence-corrected chi connectivity index (χ3v) is 4.00. The van der Waals surface area contributed by atoms with Crippen LogP contribution in [0.5, 0.6) is 0 Å². The van der Waals surface area contributed by atoms with Crippen LogP contribution in [0, 0.1) is 5.92 Å². The molecule has 0 aromatic carbocycles. The molecule has 98 valence electrons. The second-order valence-electron chi connectivity index (χ2n) is 5.24. The lowest BCUT2D eigenvalue weighted by Gasteiger charge is -2.40. The maximum Gasteiger partial charge on any atom is 0.227 e. The molecule has 2 rings (SSSR count). The van der Waals surface area contributed by atoms with Gasteiger partial charge in [-0.25, -0.2) is 0 Å². The van der Waals surface area contributed by atoms with E-state index < -0.39 is 0 Å². The Morgan fingerprint density at radius 3 is 2.65 bits per heavy atom. The van der Waals surface area contributed by atoms with Gasteiger partial charge in [-0.1, -0.05) is 0 Å². The molecule has 1 heterocycles. The van der Waals surface area contributed by atoms with Crippen molar-refractivity contribution < 1.29 is 9.90 Å². The van der Waals surface area contributed by atoms with E-state index in [-0.39, 0.29) is 12.5 Å². The van der Waals surface area contributed by atoms with Crippen molar-refractivity contribution in [3.8, 4) is 0 Å². The SMILES string of the molecule is O=C([C@@H]1CCCNC1)N(CCCO)C1CCC1. The van der Waals surface area contributed by atoms with E-state index in [0.29, 0.717) is 18.4 Å². The van der Waals surface area contributed by atoms with Gasteiger partial charge < -0.3 is 15.3 Å². The minimum Gasteiger partial charge on any atom is -0.396 e. The van der Waals surface area contributed by atoms with Crippen molar-refractivity contribution >= 4 is 5.91 Å². The molecule has 1 saturated carbocycles. The van der Waals surface area contributed by atoms with Gasteiger partial charge in [0.25, 0.3) is 0 Å². The van der Waals surface area contributed by atoms with Crippen molar-refractivity contribution in [2.24, 2.45) is 5.92 Å². The van der Waals surface area contributed by atoms with Gasteiger partial charge in [0.15, 0.2) is 0 Å². The molecule has 0 unspecified atom stereocenters. The molecule has 0 aromatic rings. The van der Waals surface area contributed by atoms with Gasteiger partial charge in [0.05, 0.1) is 5.92 Å². The lowest BCUT2D eigenvalue weighted by molar-refractivity contribution is -0.140. The first-order valence-corrected chi connectivity index (χ1v) is 6.95. The average molecular weight is 240 g/mol. The Labute approximate surface area is 103 Å². The van der Waals surface area contributed by atoms with Crippen LogP contribution in [0.25, 0.3) is 0 Å². The molecular weight excluding hydrogens is 216 g/mol. The smallest absolute Gasteiger partial charge is 0.227 e. The average Bonchev–Trinajstić information content (AvgIpc) is 2.32. The van der Waals surface area contributed by atoms with Crippen LogP contribution in [0.4, 0.5) is 0 Å². The monoisotopic (exact) mass is 240 g/mol. The molecule has 1 aliphatic carbocycles. The van der Waals surface area contributed by atoms with Crippen LogP contribution < -0.4 is 5.32 Å². The fourth-order valence-electron chi connectivity index (χ4n) is 2.71. The van der Waals surface area contributed by atoms with Crippen molar-refractivity contribution in [2.75, 3.05) is 26.2 Å². The highest BCUT2D eigenvalue weighted by Crippen LogP contribution is 2.27. The van der Waals surface area contributed by atoms with Gasteiger partial charge in [0.2, 0.25) is 5.91 Å². The summed E-state index contributed by atoms with van der Waals surface area (Å²) in [6, 6.07) is 0.455. The highest BCUT2D eigenvalue weighted by atomic mass is 16.3. The summed E-state index contributed by atoms with van der Waals surface area (Å²) < 4.78 is 0. The predicted molar refractivity (Wildman–Crippen MR) is 66.6 cm³/mol. The van der Waals surface area contributed by atoms with E-state index in [1.807, 2.05) is 4.90 Å². The molecule has 0 bridgehead atoms. The predicted octanol–water partition coefficient (Wildman–Crippen LogP) is 0.749. The number of aliphatic hydroxyl groups is 1. The van der Waals surface area contributed by atoms with Crippen molar-refractivity contribution in [1.29, 1.82) is 0 Å². The van der Waals surface area contributed by atoms with E-state index in [2.05, 4.69) is 5.32 Å². The summed E-state index contributed by atoms with van der Waals surface area (Å²) in [7, 11) is 0. The van der Waals surface area contributed by atoms with Crippen LogP contribution in [0.3, 0.4) is 0 Å². The summed E-state index contributed by atoms with van der Waals surface area (Å²) in [4.78, 5) is 14.5. The summed E-state index contributed by atoms with van der Waals surface area (Å²) >= 11 is 0. The normalized spacial score (nSPS) is 25.4. The number of carbonyl (C=O) groups excluding carboxylic acids is 1. The number of nitrogens with zero attached hydrogens (tertiary/aromatic N) is 1. The largest absolute Gasteiger partial charge is 0.396 e. The summed E-state index contributed by atoms with van der Waals surface area (Å²) in [6.45, 7) is 2.79. The summed E-state index contributed by atoms with van der Waals surface area (Å²) in [5, 5.41) is 12.2. The van der Waals surface area contributed by atoms with E-state index in [1.165, 1.54) is 6.42 Å². The zero-order chi connectivity index (χ0) is 12.1. The Hall–Kier alpha value is -0.610. The second-order valence-corrected chi connectivity index (χ2v) is 5.24. The number of aliphatic hydroxyl groups excluding tert-OH is 1. The fraction of sp³-hybridized carbons (Fsp3) is 0.923. The first-order chi connectivity index (χ1) is 8.33. The van der Waals surface area contributed by atoms with E-state index in [1.54, 1.807) is 0 Å². The number of amides is 1. The summed E-state index contributed by atoms with van der Waals surface area (Å²) in [5.41, 5.74) is 0. The van der Waals surface area contributed by atoms with Gasteiger partial charge in [-0.3, -0.25) is 4.79 Å². The van der Waals surface area contributed by atoms with E-state index in [0.717, 1.165) is 45.3 Å². The molecule has 0 aromatic heterocycles. The Kier molecular flexibility index (Phi) is 4.80. The van der Waals surface area contributed by atoms with Crippen LogP contribution in [-0.2, 0) is 4.79 Å². The van der Waals surface area contributed by atoms with Gasteiger partial charge in [-0.05, 0) is 45.1 Å². The van der Waals surface area contributed by atoms with Crippen LogP contribution in [-0.4, -0.2) is 48.2 Å². The van der Waals surface area contributed by atoms with Crippen molar-refractivity contribution in [3.63, 3.8) is 0 Å². The molecule has 1 atom stereocenters. The Morgan fingerprint density at radius 2 is 2.12 bits per heavy atom. The summed E-state index contributed by atoms with van der Waals surface area (Å²) in [5.74, 6) is 0.485. The third-order valence-electron chi connectivity index (χ3n) is 4.00. The molecule has 0 spiro atoms. The van der Waals surface area contributed by atoms with E-state index >= 15 is 0 Å². The van der Waals surface area contributed by atoms with Gasteiger partial charge >= 0.3 is 0 Å². The molecule has 2 fully saturated rings. The van der Waals surface area contributed by atoms with Gasteiger partial charge in [0, 0.05) is 25.7 Å². The van der Waals surface area contributed by atoms with Crippen LogP contribution in [0.2, 0.25) is 0 Å². The fourth-order valence-corrected chi connectivity index (χ4v) is 2.71. The van der Waals surface area contributed by atoms with Crippen LogP contribution >= 0.6 is 0 Å². The van der Waals surface area contributed by atoms with Gasteiger partial charge in [-0.15, -0.1) is 0 Å². The lowest BCUT2D eigenvalue weighted by Crippen LogP contribution is -2.50. The van der Waals surface area contributed by atoms with E-state index in [9.17, 15) is 4.79 Å². The minimum absolute atomic E-state index is 0.169. The summed E-state index contributed by atoms with van der Waals surface area (Å²) in [6.07, 6.45) is 6.39. The molecule has 17 heavy (non-hydrogen) atoms. The zero-order valence-corrected chi connectivity index (χ0v) is 10.5. The Balaban J connectivity index is 1.90. The molecule has 2 N–H and O–H groups in total. The number of carbonyl (C=O) groups is 1. The number of nitrogens with one attached hydrogen (secondary N) is 1. The number of hydrogen-bond donors (Lipinski definition) is 2. The Morgan fingerprint density at radius 1 is 1.29 bits per heavy atom. The van der Waals surface area contributed by atoms with Crippen molar-refractivity contribution in [3.05, 3.63) is 0 Å². The highest BCUT2D eigenvalue weighted by molar-refractivity contribution is 5.79. The minimum atomic E-state index is 0.169. The quantitative estimate of drug-likeness (QED) is 0.745. The number of piperidine rings is 1. The molecule has 1 saturated heterocycles. The lowest BCUT2D eigenvalue weighted by atomic mass is 9.89.